The zero-order valence-corrected chi connectivity index (χ0v) is 11.1. The lowest BCUT2D eigenvalue weighted by molar-refractivity contribution is -0.154. The minimum atomic E-state index is -0.870. The predicted molar refractivity (Wildman–Crippen MR) is 68.9 cm³/mol. The van der Waals surface area contributed by atoms with Crippen LogP contribution in [0.15, 0.2) is 0 Å². The van der Waals surface area contributed by atoms with Crippen molar-refractivity contribution >= 4 is 12.0 Å². The maximum Gasteiger partial charge on any atom is 0.315 e. The highest BCUT2D eigenvalue weighted by molar-refractivity contribution is 5.78. The van der Waals surface area contributed by atoms with Crippen molar-refractivity contribution in [1.82, 2.24) is 10.6 Å². The van der Waals surface area contributed by atoms with Crippen molar-refractivity contribution in [2.45, 2.75) is 44.6 Å². The van der Waals surface area contributed by atoms with Gasteiger partial charge in [-0.3, -0.25) is 4.79 Å². The molecule has 108 valence electrons. The quantitative estimate of drug-likeness (QED) is 0.714. The highest BCUT2D eigenvalue weighted by Gasteiger charge is 2.40. The fourth-order valence-electron chi connectivity index (χ4n) is 2.78. The largest absolute Gasteiger partial charge is 0.481 e. The van der Waals surface area contributed by atoms with Gasteiger partial charge in [0.1, 0.15) is 0 Å². The van der Waals surface area contributed by atoms with Gasteiger partial charge in [-0.15, -0.1) is 0 Å². The van der Waals surface area contributed by atoms with E-state index >= 15 is 0 Å². The van der Waals surface area contributed by atoms with Gasteiger partial charge in [-0.25, -0.2) is 4.79 Å². The number of ether oxygens (including phenoxy) is 1. The standard InChI is InChI=1S/C13H22N2O4/c16-11(17)13(5-7-19-8-6-13)9-14-12(18)15-10-3-1-2-4-10/h10H,1-9H2,(H,16,17)(H2,14,15,18). The number of hydrogen-bond acceptors (Lipinski definition) is 3. The molecule has 1 aliphatic carbocycles. The summed E-state index contributed by atoms with van der Waals surface area (Å²) in [6.07, 6.45) is 5.25. The van der Waals surface area contributed by atoms with Crippen molar-refractivity contribution in [2.24, 2.45) is 5.41 Å². The molecule has 6 heteroatoms. The average molecular weight is 270 g/mol. The van der Waals surface area contributed by atoms with Crippen LogP contribution in [0.1, 0.15) is 38.5 Å². The first-order valence-electron chi connectivity index (χ1n) is 6.98. The Labute approximate surface area is 112 Å². The van der Waals surface area contributed by atoms with Crippen LogP contribution in [0.5, 0.6) is 0 Å². The number of carbonyl (C=O) groups excluding carboxylic acids is 1. The van der Waals surface area contributed by atoms with Crippen LogP contribution < -0.4 is 10.6 Å². The van der Waals surface area contributed by atoms with Crippen LogP contribution >= 0.6 is 0 Å². The maximum absolute atomic E-state index is 11.8. The monoisotopic (exact) mass is 270 g/mol. The Hall–Kier alpha value is -1.30. The normalized spacial score (nSPS) is 22.9. The van der Waals surface area contributed by atoms with Crippen LogP contribution in [0.3, 0.4) is 0 Å². The first-order chi connectivity index (χ1) is 9.12. The van der Waals surface area contributed by atoms with Gasteiger partial charge < -0.3 is 20.5 Å². The van der Waals surface area contributed by atoms with Gasteiger partial charge in [-0.2, -0.15) is 0 Å². The molecule has 0 unspecified atom stereocenters. The zero-order chi connectivity index (χ0) is 13.7. The Morgan fingerprint density at radius 2 is 1.84 bits per heavy atom. The molecule has 2 rings (SSSR count). The number of carboxylic acids is 1. The molecule has 0 atom stereocenters. The van der Waals surface area contributed by atoms with E-state index in [4.69, 9.17) is 4.74 Å². The first-order valence-corrected chi connectivity index (χ1v) is 6.98. The number of carboxylic acid groups (broad SMARTS) is 1. The van der Waals surface area contributed by atoms with E-state index < -0.39 is 11.4 Å². The van der Waals surface area contributed by atoms with Crippen LogP contribution in [0.25, 0.3) is 0 Å². The second-order valence-corrected chi connectivity index (χ2v) is 5.51. The van der Waals surface area contributed by atoms with E-state index in [1.807, 2.05) is 0 Å². The van der Waals surface area contributed by atoms with Crippen molar-refractivity contribution in [3.63, 3.8) is 0 Å². The van der Waals surface area contributed by atoms with Gasteiger partial charge in [0.25, 0.3) is 0 Å². The van der Waals surface area contributed by atoms with Crippen LogP contribution in [0.4, 0.5) is 4.79 Å². The number of hydrogen-bond donors (Lipinski definition) is 3. The molecule has 1 saturated carbocycles. The van der Waals surface area contributed by atoms with Crippen LogP contribution in [0.2, 0.25) is 0 Å². The van der Waals surface area contributed by atoms with Gasteiger partial charge in [-0.1, -0.05) is 12.8 Å². The average Bonchev–Trinajstić information content (AvgIpc) is 2.90. The van der Waals surface area contributed by atoms with Crippen LogP contribution in [-0.4, -0.2) is 42.9 Å². The lowest BCUT2D eigenvalue weighted by Gasteiger charge is -2.33. The number of aliphatic carboxylic acids is 1. The minimum absolute atomic E-state index is 0.171. The predicted octanol–water partition coefficient (Wildman–Crippen LogP) is 1.11. The second kappa shape index (κ2) is 6.23. The van der Waals surface area contributed by atoms with Gasteiger partial charge >= 0.3 is 12.0 Å². The van der Waals surface area contributed by atoms with Gasteiger partial charge in [0.15, 0.2) is 0 Å². The molecule has 0 aromatic carbocycles. The third kappa shape index (κ3) is 3.59. The molecule has 0 bridgehead atoms. The summed E-state index contributed by atoms with van der Waals surface area (Å²) in [5, 5.41) is 15.0. The molecule has 1 heterocycles. The lowest BCUT2D eigenvalue weighted by Crippen LogP contribution is -2.50. The van der Waals surface area contributed by atoms with E-state index in [0.717, 1.165) is 25.7 Å². The Morgan fingerprint density at radius 3 is 2.42 bits per heavy atom. The van der Waals surface area contributed by atoms with E-state index in [-0.39, 0.29) is 18.6 Å². The van der Waals surface area contributed by atoms with Crippen molar-refractivity contribution in [3.8, 4) is 0 Å². The molecule has 2 amide bonds. The molecule has 2 aliphatic rings. The Morgan fingerprint density at radius 1 is 1.21 bits per heavy atom. The third-order valence-corrected chi connectivity index (χ3v) is 4.18. The summed E-state index contributed by atoms with van der Waals surface area (Å²) >= 11 is 0. The van der Waals surface area contributed by atoms with Gasteiger partial charge in [0, 0.05) is 25.8 Å². The van der Waals surface area contributed by atoms with Crippen LogP contribution in [0, 0.1) is 5.41 Å². The topological polar surface area (TPSA) is 87.7 Å². The molecule has 2 fully saturated rings. The van der Waals surface area contributed by atoms with E-state index in [1.54, 1.807) is 0 Å². The van der Waals surface area contributed by atoms with Crippen molar-refractivity contribution in [3.05, 3.63) is 0 Å². The van der Waals surface area contributed by atoms with Crippen molar-refractivity contribution in [1.29, 1.82) is 0 Å². The van der Waals surface area contributed by atoms with Gasteiger partial charge in [0.2, 0.25) is 0 Å². The van der Waals surface area contributed by atoms with Gasteiger partial charge in [-0.05, 0) is 25.7 Å². The molecule has 0 aromatic rings. The number of urea groups is 1. The molecule has 1 aliphatic heterocycles. The summed E-state index contributed by atoms with van der Waals surface area (Å²) < 4.78 is 5.20. The Balaban J connectivity index is 1.81. The lowest BCUT2D eigenvalue weighted by atomic mass is 9.80. The fourth-order valence-corrected chi connectivity index (χ4v) is 2.78. The summed E-state index contributed by atoms with van der Waals surface area (Å²) in [5.41, 5.74) is -0.870. The molecule has 0 aromatic heterocycles. The Bertz CT molecular complexity index is 334. The molecule has 19 heavy (non-hydrogen) atoms. The second-order valence-electron chi connectivity index (χ2n) is 5.51. The van der Waals surface area contributed by atoms with E-state index in [0.29, 0.717) is 26.1 Å². The number of carbonyl (C=O) groups is 2. The minimum Gasteiger partial charge on any atom is -0.481 e. The zero-order valence-electron chi connectivity index (χ0n) is 11.1. The van der Waals surface area contributed by atoms with Gasteiger partial charge in [0.05, 0.1) is 5.41 Å². The van der Waals surface area contributed by atoms with E-state index in [1.165, 1.54) is 0 Å². The SMILES string of the molecule is O=C(NCC1(C(=O)O)CCOCC1)NC1CCCC1. The summed E-state index contributed by atoms with van der Waals surface area (Å²) in [6.45, 7) is 1.06. The number of amides is 2. The van der Waals surface area contributed by atoms with E-state index in [9.17, 15) is 14.7 Å². The smallest absolute Gasteiger partial charge is 0.315 e. The molecule has 0 radical (unpaired) electrons. The molecule has 6 nitrogen and oxygen atoms in total. The summed E-state index contributed by atoms with van der Waals surface area (Å²) in [6, 6.07) is -0.00511. The Kier molecular flexibility index (Phi) is 4.63. The molecular weight excluding hydrogens is 248 g/mol. The molecule has 3 N–H and O–H groups in total. The summed E-state index contributed by atoms with van der Waals surface area (Å²) in [5.74, 6) is -0.850. The molecular formula is C13H22N2O4. The van der Waals surface area contributed by atoms with Crippen molar-refractivity contribution in [2.75, 3.05) is 19.8 Å². The highest BCUT2D eigenvalue weighted by Crippen LogP contribution is 2.30. The summed E-state index contributed by atoms with van der Waals surface area (Å²) in [4.78, 5) is 23.2. The number of nitrogens with one attached hydrogen (secondary N) is 2. The van der Waals surface area contributed by atoms with Crippen molar-refractivity contribution < 1.29 is 19.4 Å². The maximum atomic E-state index is 11.8. The molecule has 0 spiro atoms. The fraction of sp³-hybridized carbons (Fsp3) is 0.846. The highest BCUT2D eigenvalue weighted by atomic mass is 16.5. The van der Waals surface area contributed by atoms with Crippen LogP contribution in [-0.2, 0) is 9.53 Å². The molecule has 1 saturated heterocycles. The summed E-state index contributed by atoms with van der Waals surface area (Å²) in [7, 11) is 0. The van der Waals surface area contributed by atoms with E-state index in [2.05, 4.69) is 10.6 Å². The third-order valence-electron chi connectivity index (χ3n) is 4.18. The first kappa shape index (κ1) is 14.1. The number of rotatable bonds is 4.